The fourth-order valence-electron chi connectivity index (χ4n) is 3.53. The molecule has 4 rings (SSSR count). The molecule has 3 aromatic rings. The fourth-order valence-corrected chi connectivity index (χ4v) is 3.53. The van der Waals surface area contributed by atoms with E-state index in [1.165, 1.54) is 11.8 Å². The summed E-state index contributed by atoms with van der Waals surface area (Å²) in [7, 11) is 0. The molecule has 0 fully saturated rings. The van der Waals surface area contributed by atoms with Crippen LogP contribution in [0.4, 0.5) is 11.5 Å². The van der Waals surface area contributed by atoms with Crippen LogP contribution in [0.1, 0.15) is 24.0 Å². The van der Waals surface area contributed by atoms with Gasteiger partial charge in [-0.25, -0.2) is 4.68 Å². The summed E-state index contributed by atoms with van der Waals surface area (Å²) >= 11 is 0. The molecule has 27 heavy (non-hydrogen) atoms. The lowest BCUT2D eigenvalue weighted by Gasteiger charge is -2.19. The van der Waals surface area contributed by atoms with Crippen molar-refractivity contribution in [2.45, 2.75) is 12.8 Å². The number of nitrogens with one attached hydrogen (secondary N) is 1. The molecule has 1 atom stereocenters. The van der Waals surface area contributed by atoms with Crippen LogP contribution in [0.5, 0.6) is 0 Å². The third-order valence-corrected chi connectivity index (χ3v) is 4.79. The second kappa shape index (κ2) is 6.96. The molecule has 0 aliphatic carbocycles. The minimum atomic E-state index is -0.173. The van der Waals surface area contributed by atoms with Gasteiger partial charge in [0.15, 0.2) is 5.82 Å². The average molecular weight is 357 g/mol. The highest BCUT2D eigenvalue weighted by atomic mass is 16.2. The van der Waals surface area contributed by atoms with Gasteiger partial charge in [-0.1, -0.05) is 43.3 Å². The van der Waals surface area contributed by atoms with Crippen molar-refractivity contribution < 1.29 is 4.79 Å². The number of hydrogen-bond acceptors (Lipinski definition) is 4. The summed E-state index contributed by atoms with van der Waals surface area (Å²) in [6.07, 6.45) is 1.47. The van der Waals surface area contributed by atoms with Crippen molar-refractivity contribution in [1.82, 2.24) is 9.78 Å². The molecule has 0 spiro atoms. The van der Waals surface area contributed by atoms with Gasteiger partial charge in [0.1, 0.15) is 11.6 Å². The van der Waals surface area contributed by atoms with Crippen molar-refractivity contribution in [2.24, 2.45) is 0 Å². The predicted molar refractivity (Wildman–Crippen MR) is 104 cm³/mol. The molecular formula is C21H19N5O. The van der Waals surface area contributed by atoms with Gasteiger partial charge in [-0.05, 0) is 23.8 Å². The molecule has 1 amide bonds. The zero-order valence-corrected chi connectivity index (χ0v) is 15.0. The average Bonchev–Trinajstić information content (AvgIpc) is 3.24. The first kappa shape index (κ1) is 16.9. The van der Waals surface area contributed by atoms with Crippen molar-refractivity contribution in [3.8, 4) is 11.8 Å². The molecular weight excluding hydrogens is 338 g/mol. The minimum Gasteiger partial charge on any atom is -0.361 e. The normalized spacial score (nSPS) is 15.3. The Morgan fingerprint density at radius 1 is 1.22 bits per heavy atom. The number of amides is 1. The van der Waals surface area contributed by atoms with Crippen LogP contribution in [0, 0.1) is 11.3 Å². The molecule has 1 aromatic heterocycles. The Balaban J connectivity index is 1.56. The summed E-state index contributed by atoms with van der Waals surface area (Å²) in [4.78, 5) is 14.8. The van der Waals surface area contributed by atoms with Crippen molar-refractivity contribution in [3.63, 3.8) is 0 Å². The number of hydrogen-bond donors (Lipinski definition) is 1. The van der Waals surface area contributed by atoms with Gasteiger partial charge in [0.05, 0.1) is 18.4 Å². The molecule has 2 heterocycles. The number of rotatable bonds is 4. The lowest BCUT2D eigenvalue weighted by atomic mass is 10.0. The number of carbonyl (C=O) groups is 1. The lowest BCUT2D eigenvalue weighted by Crippen LogP contribution is -2.33. The van der Waals surface area contributed by atoms with Crippen LogP contribution in [0.15, 0.2) is 60.8 Å². The second-order valence-electron chi connectivity index (χ2n) is 6.65. The van der Waals surface area contributed by atoms with Crippen LogP contribution >= 0.6 is 0 Å². The number of benzene rings is 2. The molecule has 1 N–H and O–H groups in total. The summed E-state index contributed by atoms with van der Waals surface area (Å²) < 4.78 is 1.58. The van der Waals surface area contributed by atoms with E-state index in [0.29, 0.717) is 17.3 Å². The summed E-state index contributed by atoms with van der Waals surface area (Å²) in [6, 6.07) is 19.7. The number of fused-ring (bicyclic) bond motifs is 1. The highest BCUT2D eigenvalue weighted by molar-refractivity contribution is 5.95. The second-order valence-corrected chi connectivity index (χ2v) is 6.65. The van der Waals surface area contributed by atoms with Crippen molar-refractivity contribution in [2.75, 3.05) is 23.3 Å². The Morgan fingerprint density at radius 2 is 1.96 bits per heavy atom. The Hall–Kier alpha value is -3.59. The molecule has 0 unspecified atom stereocenters. The Labute approximate surface area is 157 Å². The summed E-state index contributed by atoms with van der Waals surface area (Å²) in [5.74, 6) is 0.612. The SMILES string of the molecule is C[C@@H]1CN(CC(=O)Nc2c(C#N)cnn2-c2ccccc2)c2ccccc21. The van der Waals surface area contributed by atoms with Gasteiger partial charge in [0.25, 0.3) is 0 Å². The minimum absolute atomic E-state index is 0.173. The van der Waals surface area contributed by atoms with Crippen molar-refractivity contribution in [3.05, 3.63) is 71.9 Å². The van der Waals surface area contributed by atoms with Crippen LogP contribution in [0.2, 0.25) is 0 Å². The Morgan fingerprint density at radius 3 is 2.74 bits per heavy atom. The number of para-hydroxylation sites is 2. The highest BCUT2D eigenvalue weighted by Gasteiger charge is 2.27. The maximum absolute atomic E-state index is 12.7. The molecule has 2 aromatic carbocycles. The van der Waals surface area contributed by atoms with Crippen molar-refractivity contribution in [1.29, 1.82) is 5.26 Å². The molecule has 6 nitrogen and oxygen atoms in total. The van der Waals surface area contributed by atoms with E-state index in [0.717, 1.165) is 17.9 Å². The summed E-state index contributed by atoms with van der Waals surface area (Å²) in [5, 5.41) is 16.5. The van der Waals surface area contributed by atoms with Gasteiger partial charge in [-0.3, -0.25) is 4.79 Å². The van der Waals surface area contributed by atoms with E-state index in [1.807, 2.05) is 48.5 Å². The number of nitrogens with zero attached hydrogens (tertiary/aromatic N) is 4. The molecule has 0 saturated heterocycles. The zero-order valence-electron chi connectivity index (χ0n) is 15.0. The van der Waals surface area contributed by atoms with Gasteiger partial charge in [-0.15, -0.1) is 0 Å². The van der Waals surface area contributed by atoms with E-state index >= 15 is 0 Å². The Kier molecular flexibility index (Phi) is 4.35. The van der Waals surface area contributed by atoms with E-state index in [1.54, 1.807) is 4.68 Å². The van der Waals surface area contributed by atoms with E-state index < -0.39 is 0 Å². The van der Waals surface area contributed by atoms with Crippen LogP contribution in [-0.2, 0) is 4.79 Å². The molecule has 6 heteroatoms. The first-order valence-electron chi connectivity index (χ1n) is 8.84. The first-order valence-corrected chi connectivity index (χ1v) is 8.84. The van der Waals surface area contributed by atoms with Crippen molar-refractivity contribution >= 4 is 17.4 Å². The lowest BCUT2D eigenvalue weighted by molar-refractivity contribution is -0.115. The molecule has 1 aliphatic heterocycles. The third kappa shape index (κ3) is 3.15. The van der Waals surface area contributed by atoms with Gasteiger partial charge in [0.2, 0.25) is 5.91 Å². The topological polar surface area (TPSA) is 74.0 Å². The van der Waals surface area contributed by atoms with Crippen LogP contribution in [0.25, 0.3) is 5.69 Å². The first-order chi connectivity index (χ1) is 13.2. The predicted octanol–water partition coefficient (Wildman–Crippen LogP) is 3.31. The smallest absolute Gasteiger partial charge is 0.245 e. The van der Waals surface area contributed by atoms with E-state index in [4.69, 9.17) is 0 Å². The van der Waals surface area contributed by atoms with Gasteiger partial charge in [-0.2, -0.15) is 10.4 Å². The maximum atomic E-state index is 12.7. The largest absolute Gasteiger partial charge is 0.361 e. The molecule has 0 bridgehead atoms. The van der Waals surface area contributed by atoms with E-state index in [-0.39, 0.29) is 12.5 Å². The van der Waals surface area contributed by atoms with Crippen LogP contribution in [-0.4, -0.2) is 28.8 Å². The van der Waals surface area contributed by atoms with E-state index in [2.05, 4.69) is 34.4 Å². The molecule has 134 valence electrons. The number of anilines is 2. The quantitative estimate of drug-likeness (QED) is 0.777. The third-order valence-electron chi connectivity index (χ3n) is 4.79. The number of aromatic nitrogens is 2. The number of carbonyl (C=O) groups excluding carboxylic acids is 1. The fraction of sp³-hybridized carbons (Fsp3) is 0.190. The summed E-state index contributed by atoms with van der Waals surface area (Å²) in [6.45, 7) is 3.19. The monoisotopic (exact) mass is 357 g/mol. The van der Waals surface area contributed by atoms with Crippen LogP contribution in [0.3, 0.4) is 0 Å². The van der Waals surface area contributed by atoms with E-state index in [9.17, 15) is 10.1 Å². The van der Waals surface area contributed by atoms with Gasteiger partial charge in [0, 0.05) is 18.2 Å². The summed E-state index contributed by atoms with van der Waals surface area (Å²) in [5.41, 5.74) is 3.48. The van der Waals surface area contributed by atoms with Gasteiger partial charge < -0.3 is 10.2 Å². The highest BCUT2D eigenvalue weighted by Crippen LogP contribution is 2.35. The molecule has 0 radical (unpaired) electrons. The van der Waals surface area contributed by atoms with Gasteiger partial charge >= 0.3 is 0 Å². The maximum Gasteiger partial charge on any atom is 0.245 e. The van der Waals surface area contributed by atoms with Crippen LogP contribution < -0.4 is 10.2 Å². The molecule has 0 saturated carbocycles. The molecule has 1 aliphatic rings. The number of nitriles is 1. The standard InChI is InChI=1S/C21H19N5O/c1-15-13-25(19-10-6-5-9-18(15)19)14-20(27)24-21-16(11-22)12-23-26(21)17-7-3-2-4-8-17/h2-10,12,15H,13-14H2,1H3,(H,24,27)/t15-/m1/s1. The Bertz CT molecular complexity index is 1020. The zero-order chi connectivity index (χ0) is 18.8.